The third-order valence-electron chi connectivity index (χ3n) is 3.06. The number of halogens is 2. The Balaban J connectivity index is 3.17. The maximum atomic E-state index is 14.1. The van der Waals surface area contributed by atoms with Crippen LogP contribution in [0, 0.1) is 11.7 Å². The molecule has 20 heavy (non-hydrogen) atoms. The highest BCUT2D eigenvalue weighted by Crippen LogP contribution is 2.29. The van der Waals surface area contributed by atoms with Crippen molar-refractivity contribution in [3.05, 3.63) is 35.6 Å². The van der Waals surface area contributed by atoms with Gasteiger partial charge in [-0.2, -0.15) is 0 Å². The second-order valence-corrected chi connectivity index (χ2v) is 6.46. The molecule has 2 N–H and O–H groups in total. The van der Waals surface area contributed by atoms with Crippen molar-refractivity contribution < 1.29 is 18.1 Å². The predicted molar refractivity (Wildman–Crippen MR) is 76.7 cm³/mol. The van der Waals surface area contributed by atoms with E-state index >= 15 is 0 Å². The lowest BCUT2D eigenvalue weighted by Gasteiger charge is -2.34. The molecule has 1 aromatic rings. The molecule has 0 heterocycles. The number of rotatable bonds is 7. The van der Waals surface area contributed by atoms with Crippen LogP contribution in [0.25, 0.3) is 0 Å². The zero-order valence-corrected chi connectivity index (χ0v) is 12.7. The smallest absolute Gasteiger partial charge is 0.128 e. The summed E-state index contributed by atoms with van der Waals surface area (Å²) in [6, 6.07) is 5.61. The van der Waals surface area contributed by atoms with Crippen molar-refractivity contribution in [2.24, 2.45) is 5.92 Å². The monoisotopic (exact) mass is 305 g/mol. The molecule has 0 aromatic heterocycles. The first-order chi connectivity index (χ1) is 9.33. The van der Waals surface area contributed by atoms with Gasteiger partial charge in [-0.05, 0) is 18.9 Å². The highest BCUT2D eigenvalue weighted by Gasteiger charge is 2.41. The van der Waals surface area contributed by atoms with E-state index in [0.717, 1.165) is 0 Å². The summed E-state index contributed by atoms with van der Waals surface area (Å²) in [5, 5.41) is 9.60. The molecule has 0 amide bonds. The van der Waals surface area contributed by atoms with Crippen molar-refractivity contribution in [2.45, 2.75) is 32.5 Å². The van der Waals surface area contributed by atoms with Crippen molar-refractivity contribution in [1.82, 2.24) is 4.72 Å². The third kappa shape index (κ3) is 3.84. The summed E-state index contributed by atoms with van der Waals surface area (Å²) in [4.78, 5) is 0. The Morgan fingerprint density at radius 3 is 2.40 bits per heavy atom. The standard InChI is InChI=1S/C14H21F2NO2S/c1-10(2)8-20(19)17-14(9-18,11(3)15)12-6-4-5-7-13(12)16/h4-7,10-11,17-18H,8-9H2,1-3H3/t11-,14+,20?/m0/s1. The van der Waals surface area contributed by atoms with Gasteiger partial charge in [0.2, 0.25) is 0 Å². The van der Waals surface area contributed by atoms with Crippen LogP contribution >= 0.6 is 0 Å². The van der Waals surface area contributed by atoms with Crippen LogP contribution in [-0.4, -0.2) is 27.8 Å². The molecule has 0 saturated heterocycles. The fourth-order valence-electron chi connectivity index (χ4n) is 1.96. The van der Waals surface area contributed by atoms with Gasteiger partial charge in [0.1, 0.15) is 17.5 Å². The molecule has 3 nitrogen and oxygen atoms in total. The molecule has 3 atom stereocenters. The number of alkyl halides is 1. The maximum Gasteiger partial charge on any atom is 0.128 e. The van der Waals surface area contributed by atoms with E-state index in [1.54, 1.807) is 6.07 Å². The minimum Gasteiger partial charge on any atom is -0.394 e. The number of hydrogen-bond donors (Lipinski definition) is 2. The molecule has 0 bridgehead atoms. The van der Waals surface area contributed by atoms with Crippen LogP contribution in [0.1, 0.15) is 26.3 Å². The molecule has 0 saturated carbocycles. The number of nitrogens with one attached hydrogen (secondary N) is 1. The summed E-state index contributed by atoms with van der Waals surface area (Å²) in [6.07, 6.45) is -1.61. The Morgan fingerprint density at radius 2 is 1.95 bits per heavy atom. The van der Waals surface area contributed by atoms with E-state index in [1.165, 1.54) is 25.1 Å². The number of hydrogen-bond acceptors (Lipinski definition) is 2. The van der Waals surface area contributed by atoms with Gasteiger partial charge in [-0.25, -0.2) is 17.7 Å². The molecule has 1 unspecified atom stereocenters. The molecule has 0 aliphatic heterocycles. The first-order valence-corrected chi connectivity index (χ1v) is 7.81. The Kier molecular flexibility index (Phi) is 6.23. The van der Waals surface area contributed by atoms with Crippen molar-refractivity contribution >= 4 is 11.0 Å². The number of aliphatic hydroxyl groups excluding tert-OH is 1. The Morgan fingerprint density at radius 1 is 1.35 bits per heavy atom. The van der Waals surface area contributed by atoms with Gasteiger partial charge >= 0.3 is 0 Å². The van der Waals surface area contributed by atoms with E-state index < -0.39 is 35.1 Å². The minimum absolute atomic E-state index is 0.0189. The highest BCUT2D eigenvalue weighted by molar-refractivity contribution is 7.83. The van der Waals surface area contributed by atoms with Crippen LogP contribution in [-0.2, 0) is 16.5 Å². The van der Waals surface area contributed by atoms with E-state index in [-0.39, 0.29) is 11.5 Å². The quantitative estimate of drug-likeness (QED) is 0.812. The lowest BCUT2D eigenvalue weighted by Crippen LogP contribution is -2.53. The molecule has 6 heteroatoms. The van der Waals surface area contributed by atoms with Crippen LogP contribution in [0.5, 0.6) is 0 Å². The summed E-state index contributed by atoms with van der Waals surface area (Å²) < 4.78 is 42.6. The molecule has 0 spiro atoms. The fourth-order valence-corrected chi connectivity index (χ4v) is 3.40. The molecule has 0 aliphatic rings. The van der Waals surface area contributed by atoms with Gasteiger partial charge < -0.3 is 5.11 Å². The SMILES string of the molecule is CC(C)CS(=O)N[C@@](CO)(c1ccccc1F)[C@H](C)F. The van der Waals surface area contributed by atoms with Crippen molar-refractivity contribution in [3.8, 4) is 0 Å². The third-order valence-corrected chi connectivity index (χ3v) is 4.62. The van der Waals surface area contributed by atoms with Gasteiger partial charge in [0.15, 0.2) is 0 Å². The predicted octanol–water partition coefficient (Wildman–Crippen LogP) is 2.28. The molecular weight excluding hydrogens is 284 g/mol. The van der Waals surface area contributed by atoms with Crippen LogP contribution in [0.4, 0.5) is 8.78 Å². The summed E-state index contributed by atoms with van der Waals surface area (Å²) in [5.74, 6) is -0.210. The summed E-state index contributed by atoms with van der Waals surface area (Å²) in [6.45, 7) is 4.28. The first kappa shape index (κ1) is 17.2. The molecule has 114 valence electrons. The zero-order chi connectivity index (χ0) is 15.3. The Hall–Kier alpha value is -0.850. The number of aliphatic hydroxyl groups is 1. The van der Waals surface area contributed by atoms with Crippen LogP contribution in [0.15, 0.2) is 24.3 Å². The van der Waals surface area contributed by atoms with E-state index in [2.05, 4.69) is 4.72 Å². The summed E-state index contributed by atoms with van der Waals surface area (Å²) >= 11 is 0. The maximum absolute atomic E-state index is 14.1. The van der Waals surface area contributed by atoms with Crippen molar-refractivity contribution in [2.75, 3.05) is 12.4 Å². The van der Waals surface area contributed by atoms with E-state index in [1.807, 2.05) is 13.8 Å². The Labute approximate surface area is 121 Å². The molecule has 0 radical (unpaired) electrons. The van der Waals surface area contributed by atoms with Gasteiger partial charge in [0, 0.05) is 11.3 Å². The second-order valence-electron chi connectivity index (χ2n) is 5.23. The molecule has 0 fully saturated rings. The molecule has 1 aromatic carbocycles. The Bertz CT molecular complexity index is 468. The zero-order valence-electron chi connectivity index (χ0n) is 11.9. The number of benzene rings is 1. The molecule has 1 rings (SSSR count). The highest BCUT2D eigenvalue weighted by atomic mass is 32.2. The van der Waals surface area contributed by atoms with Gasteiger partial charge in [0.05, 0.1) is 17.6 Å². The minimum atomic E-state index is -1.70. The van der Waals surface area contributed by atoms with Crippen LogP contribution in [0.3, 0.4) is 0 Å². The van der Waals surface area contributed by atoms with Gasteiger partial charge in [-0.3, -0.25) is 0 Å². The van der Waals surface area contributed by atoms with E-state index in [9.17, 15) is 18.1 Å². The lowest BCUT2D eigenvalue weighted by molar-refractivity contribution is 0.100. The second kappa shape index (κ2) is 7.24. The van der Waals surface area contributed by atoms with Gasteiger partial charge in [-0.15, -0.1) is 0 Å². The largest absolute Gasteiger partial charge is 0.394 e. The first-order valence-electron chi connectivity index (χ1n) is 6.49. The summed E-state index contributed by atoms with van der Waals surface area (Å²) in [5.41, 5.74) is -1.72. The average molecular weight is 305 g/mol. The summed E-state index contributed by atoms with van der Waals surface area (Å²) in [7, 11) is -1.57. The van der Waals surface area contributed by atoms with Crippen LogP contribution < -0.4 is 4.72 Å². The van der Waals surface area contributed by atoms with E-state index in [0.29, 0.717) is 5.75 Å². The fraction of sp³-hybridized carbons (Fsp3) is 0.571. The average Bonchev–Trinajstić information content (AvgIpc) is 2.35. The lowest BCUT2D eigenvalue weighted by atomic mass is 9.87. The van der Waals surface area contributed by atoms with Crippen molar-refractivity contribution in [1.29, 1.82) is 0 Å². The van der Waals surface area contributed by atoms with E-state index in [4.69, 9.17) is 0 Å². The van der Waals surface area contributed by atoms with Crippen LogP contribution in [0.2, 0.25) is 0 Å². The van der Waals surface area contributed by atoms with Crippen molar-refractivity contribution in [3.63, 3.8) is 0 Å². The topological polar surface area (TPSA) is 49.3 Å². The normalized spacial score (nSPS) is 17.8. The van der Waals surface area contributed by atoms with Gasteiger partial charge in [0.25, 0.3) is 0 Å². The molecule has 0 aliphatic carbocycles. The molecular formula is C14H21F2NO2S. The van der Waals surface area contributed by atoms with Gasteiger partial charge in [-0.1, -0.05) is 32.0 Å².